The Balaban J connectivity index is 0.00000200. The SMILES string of the molecule is CCCN(C1CCNCC1)S(=O)(=O)c1cnn(C)c1.Cl. The van der Waals surface area contributed by atoms with Crippen molar-refractivity contribution in [3.63, 3.8) is 0 Å². The van der Waals surface area contributed by atoms with Crippen LogP contribution in [0.5, 0.6) is 0 Å². The van der Waals surface area contributed by atoms with E-state index in [9.17, 15) is 8.42 Å². The molecule has 1 aromatic rings. The van der Waals surface area contributed by atoms with Crippen LogP contribution in [0.2, 0.25) is 0 Å². The molecule has 0 spiro atoms. The number of aryl methyl sites for hydroxylation is 1. The first-order valence-corrected chi connectivity index (χ1v) is 8.21. The number of hydrogen-bond donors (Lipinski definition) is 1. The van der Waals surface area contributed by atoms with Crippen molar-refractivity contribution in [3.8, 4) is 0 Å². The van der Waals surface area contributed by atoms with Gasteiger partial charge >= 0.3 is 0 Å². The minimum atomic E-state index is -3.42. The zero-order chi connectivity index (χ0) is 13.9. The van der Waals surface area contributed by atoms with Crippen LogP contribution in [-0.2, 0) is 17.1 Å². The quantitative estimate of drug-likeness (QED) is 0.878. The molecule has 0 aromatic carbocycles. The van der Waals surface area contributed by atoms with Gasteiger partial charge in [0.1, 0.15) is 4.90 Å². The minimum Gasteiger partial charge on any atom is -0.317 e. The highest BCUT2D eigenvalue weighted by atomic mass is 35.5. The van der Waals surface area contributed by atoms with E-state index in [4.69, 9.17) is 0 Å². The van der Waals surface area contributed by atoms with Crippen molar-refractivity contribution in [1.29, 1.82) is 0 Å². The first kappa shape index (κ1) is 17.4. The van der Waals surface area contributed by atoms with Gasteiger partial charge in [0, 0.05) is 25.8 Å². The molecule has 20 heavy (non-hydrogen) atoms. The molecule has 6 nitrogen and oxygen atoms in total. The molecule has 1 fully saturated rings. The number of rotatable bonds is 5. The molecule has 1 saturated heterocycles. The predicted molar refractivity (Wildman–Crippen MR) is 80.5 cm³/mol. The number of halogens is 1. The van der Waals surface area contributed by atoms with Crippen molar-refractivity contribution in [1.82, 2.24) is 19.4 Å². The van der Waals surface area contributed by atoms with Crippen molar-refractivity contribution in [3.05, 3.63) is 12.4 Å². The van der Waals surface area contributed by atoms with Crippen LogP contribution in [0, 0.1) is 0 Å². The highest BCUT2D eigenvalue weighted by Gasteiger charge is 2.32. The Labute approximate surface area is 127 Å². The topological polar surface area (TPSA) is 67.2 Å². The molecule has 0 bridgehead atoms. The van der Waals surface area contributed by atoms with E-state index >= 15 is 0 Å². The molecule has 0 unspecified atom stereocenters. The van der Waals surface area contributed by atoms with E-state index in [2.05, 4.69) is 10.4 Å². The summed E-state index contributed by atoms with van der Waals surface area (Å²) in [5.41, 5.74) is 0. The monoisotopic (exact) mass is 322 g/mol. The number of sulfonamides is 1. The molecule has 0 saturated carbocycles. The molecule has 1 aromatic heterocycles. The van der Waals surface area contributed by atoms with Crippen LogP contribution in [0.1, 0.15) is 26.2 Å². The molecular weight excluding hydrogens is 300 g/mol. The molecule has 1 aliphatic rings. The molecular formula is C12H23ClN4O2S. The fraction of sp³-hybridized carbons (Fsp3) is 0.750. The van der Waals surface area contributed by atoms with E-state index in [-0.39, 0.29) is 18.4 Å². The molecule has 8 heteroatoms. The third-order valence-corrected chi connectivity index (χ3v) is 5.35. The van der Waals surface area contributed by atoms with Crippen LogP contribution < -0.4 is 5.32 Å². The lowest BCUT2D eigenvalue weighted by Gasteiger charge is -2.33. The van der Waals surface area contributed by atoms with E-state index in [1.165, 1.54) is 10.9 Å². The summed E-state index contributed by atoms with van der Waals surface area (Å²) in [5, 5.41) is 7.24. The Morgan fingerprint density at radius 1 is 1.45 bits per heavy atom. The second-order valence-electron chi connectivity index (χ2n) is 4.95. The van der Waals surface area contributed by atoms with Gasteiger partial charge in [-0.25, -0.2) is 8.42 Å². The standard InChI is InChI=1S/C12H22N4O2S.ClH/c1-3-8-16(11-4-6-13-7-5-11)19(17,18)12-9-14-15(2)10-12;/h9-11,13H,3-8H2,1-2H3;1H. The molecule has 0 aliphatic carbocycles. The molecule has 0 radical (unpaired) electrons. The Bertz CT molecular complexity index is 511. The molecule has 116 valence electrons. The van der Waals surface area contributed by atoms with Gasteiger partial charge in [0.25, 0.3) is 0 Å². The fourth-order valence-electron chi connectivity index (χ4n) is 2.48. The third-order valence-electron chi connectivity index (χ3n) is 3.45. The van der Waals surface area contributed by atoms with Gasteiger partial charge in [0.2, 0.25) is 10.0 Å². The number of hydrogen-bond acceptors (Lipinski definition) is 4. The number of nitrogens with zero attached hydrogens (tertiary/aromatic N) is 3. The zero-order valence-corrected chi connectivity index (χ0v) is 13.6. The maximum Gasteiger partial charge on any atom is 0.246 e. The highest BCUT2D eigenvalue weighted by molar-refractivity contribution is 7.89. The Morgan fingerprint density at radius 3 is 2.60 bits per heavy atom. The Hall–Kier alpha value is -0.630. The summed E-state index contributed by atoms with van der Waals surface area (Å²) < 4.78 is 28.6. The second kappa shape index (κ2) is 7.40. The van der Waals surface area contributed by atoms with Crippen molar-refractivity contribution in [2.75, 3.05) is 19.6 Å². The van der Waals surface area contributed by atoms with Gasteiger partial charge < -0.3 is 5.32 Å². The van der Waals surface area contributed by atoms with E-state index < -0.39 is 10.0 Å². The molecule has 0 amide bonds. The van der Waals surface area contributed by atoms with Gasteiger partial charge in [-0.2, -0.15) is 9.40 Å². The van der Waals surface area contributed by atoms with Crippen LogP contribution in [-0.4, -0.2) is 48.2 Å². The molecule has 0 atom stereocenters. The molecule has 2 rings (SSSR count). The molecule has 2 heterocycles. The van der Waals surface area contributed by atoms with Gasteiger partial charge in [-0.1, -0.05) is 6.92 Å². The normalized spacial score (nSPS) is 17.1. The largest absolute Gasteiger partial charge is 0.317 e. The van der Waals surface area contributed by atoms with Gasteiger partial charge in [-0.3, -0.25) is 4.68 Å². The number of nitrogens with one attached hydrogen (secondary N) is 1. The van der Waals surface area contributed by atoms with E-state index in [0.29, 0.717) is 11.4 Å². The Morgan fingerprint density at radius 2 is 2.10 bits per heavy atom. The summed E-state index contributed by atoms with van der Waals surface area (Å²) in [6.45, 7) is 4.34. The molecule has 1 aliphatic heterocycles. The van der Waals surface area contributed by atoms with E-state index in [1.54, 1.807) is 17.5 Å². The first-order chi connectivity index (χ1) is 9.05. The van der Waals surface area contributed by atoms with Crippen molar-refractivity contribution in [2.45, 2.75) is 37.1 Å². The summed E-state index contributed by atoms with van der Waals surface area (Å²) in [4.78, 5) is 0.294. The van der Waals surface area contributed by atoms with Crippen molar-refractivity contribution >= 4 is 22.4 Å². The van der Waals surface area contributed by atoms with E-state index in [1.807, 2.05) is 6.92 Å². The van der Waals surface area contributed by atoms with Crippen LogP contribution in [0.15, 0.2) is 17.3 Å². The number of aromatic nitrogens is 2. The maximum atomic E-state index is 12.7. The van der Waals surface area contributed by atoms with Gasteiger partial charge in [0.05, 0.1) is 6.20 Å². The lowest BCUT2D eigenvalue weighted by atomic mass is 10.1. The second-order valence-corrected chi connectivity index (χ2v) is 6.84. The first-order valence-electron chi connectivity index (χ1n) is 6.77. The summed E-state index contributed by atoms with van der Waals surface area (Å²) in [6, 6.07) is 0.103. The van der Waals surface area contributed by atoms with Crippen LogP contribution in [0.3, 0.4) is 0 Å². The zero-order valence-electron chi connectivity index (χ0n) is 11.9. The summed E-state index contributed by atoms with van der Waals surface area (Å²) in [7, 11) is -1.69. The van der Waals surface area contributed by atoms with E-state index in [0.717, 1.165) is 32.4 Å². The van der Waals surface area contributed by atoms with Crippen LogP contribution in [0.4, 0.5) is 0 Å². The summed E-state index contributed by atoms with van der Waals surface area (Å²) in [6.07, 6.45) is 5.57. The molecule has 1 N–H and O–H groups in total. The van der Waals surface area contributed by atoms with Gasteiger partial charge in [0.15, 0.2) is 0 Å². The van der Waals surface area contributed by atoms with Crippen molar-refractivity contribution < 1.29 is 8.42 Å². The smallest absolute Gasteiger partial charge is 0.246 e. The van der Waals surface area contributed by atoms with Gasteiger partial charge in [-0.05, 0) is 32.4 Å². The predicted octanol–water partition coefficient (Wildman–Crippen LogP) is 0.995. The summed E-state index contributed by atoms with van der Waals surface area (Å²) in [5.74, 6) is 0. The average molecular weight is 323 g/mol. The highest BCUT2D eigenvalue weighted by Crippen LogP contribution is 2.22. The maximum absolute atomic E-state index is 12.7. The number of piperidine rings is 1. The van der Waals surface area contributed by atoms with Crippen molar-refractivity contribution in [2.24, 2.45) is 7.05 Å². The lowest BCUT2D eigenvalue weighted by Crippen LogP contribution is -2.46. The minimum absolute atomic E-state index is 0. The summed E-state index contributed by atoms with van der Waals surface area (Å²) >= 11 is 0. The fourth-order valence-corrected chi connectivity index (χ4v) is 4.24. The average Bonchev–Trinajstić information content (AvgIpc) is 2.84. The van der Waals surface area contributed by atoms with Gasteiger partial charge in [-0.15, -0.1) is 12.4 Å². The Kier molecular flexibility index (Phi) is 6.44. The van der Waals surface area contributed by atoms with Crippen LogP contribution >= 0.6 is 12.4 Å². The third kappa shape index (κ3) is 3.72. The van der Waals surface area contributed by atoms with Crippen LogP contribution in [0.25, 0.3) is 0 Å². The lowest BCUT2D eigenvalue weighted by molar-refractivity contribution is 0.262.